The van der Waals surface area contributed by atoms with Gasteiger partial charge in [0.05, 0.1) is 27.7 Å². The van der Waals surface area contributed by atoms with Gasteiger partial charge in [-0.1, -0.05) is 19.8 Å². The first-order valence-corrected chi connectivity index (χ1v) is 6.68. The molecule has 18 heavy (non-hydrogen) atoms. The Labute approximate surface area is 115 Å². The number of ether oxygens (including phenoxy) is 3. The molecule has 0 radical (unpaired) electrons. The van der Waals surface area contributed by atoms with Crippen molar-refractivity contribution >= 4 is 17.8 Å². The van der Waals surface area contributed by atoms with Gasteiger partial charge in [-0.15, -0.1) is 0 Å². The number of nitrogens with zero attached hydrogens (tertiary/aromatic N) is 1. The third kappa shape index (κ3) is 12.0. The molecule has 0 heterocycles. The molecule has 108 valence electrons. The van der Waals surface area contributed by atoms with Crippen molar-refractivity contribution in [2.75, 3.05) is 40.9 Å². The number of unbranched alkanes of at least 4 members (excludes halogenated alkanes) is 2. The molecule has 0 amide bonds. The smallest absolute Gasteiger partial charge is 0.434 e. The first-order chi connectivity index (χ1) is 8.35. The Morgan fingerprint density at radius 1 is 1.22 bits per heavy atom. The van der Waals surface area contributed by atoms with Crippen molar-refractivity contribution in [3.05, 3.63) is 0 Å². The molecule has 0 bridgehead atoms. The molecule has 0 aliphatic heterocycles. The number of likely N-dealkylation sites (N-methyl/N-ethyl adjacent to an activating group) is 1. The van der Waals surface area contributed by atoms with Gasteiger partial charge in [0, 0.05) is 0 Å². The number of carbonyl (C=O) groups is 1. The third-order valence-electron chi connectivity index (χ3n) is 2.17. The summed E-state index contributed by atoms with van der Waals surface area (Å²) >= 11 is 5.69. The average molecular weight is 283 g/mol. The maximum absolute atomic E-state index is 11.2. The lowest BCUT2D eigenvalue weighted by atomic mass is 10.3. The lowest BCUT2D eigenvalue weighted by Crippen LogP contribution is -2.38. The molecule has 0 aliphatic rings. The summed E-state index contributed by atoms with van der Waals surface area (Å²) in [5.74, 6) is -1.09. The molecular weight excluding hydrogens is 258 g/mol. The summed E-state index contributed by atoms with van der Waals surface area (Å²) in [7, 11) is 6.11. The van der Waals surface area contributed by atoms with Gasteiger partial charge in [-0.3, -0.25) is 0 Å². The number of carbonyl (C=O) groups excluding carboxylic acids is 1. The van der Waals surface area contributed by atoms with E-state index in [2.05, 4.69) is 6.92 Å². The van der Waals surface area contributed by atoms with Crippen molar-refractivity contribution in [2.24, 2.45) is 0 Å². The number of halogens is 1. The van der Waals surface area contributed by atoms with Gasteiger partial charge in [-0.05, 0) is 18.0 Å². The molecule has 0 aromatic rings. The van der Waals surface area contributed by atoms with E-state index in [4.69, 9.17) is 25.8 Å². The molecule has 0 aromatic carbocycles. The molecule has 0 saturated heterocycles. The van der Waals surface area contributed by atoms with Crippen molar-refractivity contribution in [1.82, 2.24) is 0 Å². The molecule has 1 unspecified atom stereocenters. The Morgan fingerprint density at radius 3 is 2.44 bits per heavy atom. The predicted octanol–water partition coefficient (Wildman–Crippen LogP) is 2.58. The fourth-order valence-corrected chi connectivity index (χ4v) is 1.23. The molecule has 0 saturated carbocycles. The van der Waals surface area contributed by atoms with Gasteiger partial charge in [-0.25, -0.2) is 4.79 Å². The van der Waals surface area contributed by atoms with Gasteiger partial charge >= 0.3 is 6.16 Å². The van der Waals surface area contributed by atoms with Gasteiger partial charge < -0.3 is 18.7 Å². The van der Waals surface area contributed by atoms with Crippen molar-refractivity contribution in [3.8, 4) is 0 Å². The van der Waals surface area contributed by atoms with Crippen LogP contribution in [0.15, 0.2) is 0 Å². The van der Waals surface area contributed by atoms with Crippen LogP contribution in [0.25, 0.3) is 0 Å². The van der Waals surface area contributed by atoms with Gasteiger partial charge in [0.2, 0.25) is 0 Å². The highest BCUT2D eigenvalue weighted by atomic mass is 35.5. The monoisotopic (exact) mass is 282 g/mol. The minimum atomic E-state index is -1.09. The highest BCUT2D eigenvalue weighted by molar-refractivity contribution is 6.19. The lowest BCUT2D eigenvalue weighted by Gasteiger charge is -2.24. The molecule has 0 spiro atoms. The summed E-state index contributed by atoms with van der Waals surface area (Å²) in [6.45, 7) is 3.63. The standard InChI is InChI=1S/C12H25ClNO4/c1-5-6-7-9-17-12(15)18-11(13)16-10-8-14(2,3)4/h11H,5-10H2,1-4H3/q+1. The van der Waals surface area contributed by atoms with Gasteiger partial charge in [0.15, 0.2) is 0 Å². The number of rotatable bonds is 9. The molecular formula is C12H25ClNO4+. The highest BCUT2D eigenvalue weighted by Gasteiger charge is 2.14. The van der Waals surface area contributed by atoms with Crippen LogP contribution in [0.2, 0.25) is 0 Å². The van der Waals surface area contributed by atoms with Gasteiger partial charge in [0.1, 0.15) is 13.2 Å². The van der Waals surface area contributed by atoms with Crippen molar-refractivity contribution in [2.45, 2.75) is 31.9 Å². The fraction of sp³-hybridized carbons (Fsp3) is 0.917. The van der Waals surface area contributed by atoms with Crippen LogP contribution in [0.5, 0.6) is 0 Å². The fourth-order valence-electron chi connectivity index (χ4n) is 1.07. The highest BCUT2D eigenvalue weighted by Crippen LogP contribution is 2.04. The SMILES string of the molecule is CCCCCOC(=O)OC(Cl)OCC[N+](C)(C)C. The first-order valence-electron chi connectivity index (χ1n) is 6.24. The minimum Gasteiger partial charge on any atom is -0.434 e. The van der Waals surface area contributed by atoms with E-state index < -0.39 is 11.9 Å². The molecule has 0 fully saturated rings. The van der Waals surface area contributed by atoms with E-state index in [1.807, 2.05) is 21.1 Å². The first kappa shape index (κ1) is 17.5. The Kier molecular flexibility index (Phi) is 9.14. The van der Waals surface area contributed by atoms with E-state index in [0.29, 0.717) is 13.2 Å². The van der Waals surface area contributed by atoms with Crippen LogP contribution in [0.4, 0.5) is 4.79 Å². The summed E-state index contributed by atoms with van der Waals surface area (Å²) in [6.07, 6.45) is 2.15. The van der Waals surface area contributed by atoms with Crippen LogP contribution in [-0.2, 0) is 14.2 Å². The molecule has 1 atom stereocenters. The quantitative estimate of drug-likeness (QED) is 0.214. The lowest BCUT2D eigenvalue weighted by molar-refractivity contribution is -0.870. The van der Waals surface area contributed by atoms with Crippen LogP contribution in [0, 0.1) is 0 Å². The maximum Gasteiger partial charge on any atom is 0.511 e. The summed E-state index contributed by atoms with van der Waals surface area (Å²) < 4.78 is 15.5. The van der Waals surface area contributed by atoms with Crippen LogP contribution < -0.4 is 0 Å². The largest absolute Gasteiger partial charge is 0.511 e. The van der Waals surface area contributed by atoms with Gasteiger partial charge in [0.25, 0.3) is 5.75 Å². The predicted molar refractivity (Wildman–Crippen MR) is 70.5 cm³/mol. The van der Waals surface area contributed by atoms with E-state index in [0.717, 1.165) is 30.3 Å². The normalized spacial score (nSPS) is 13.2. The molecule has 0 rings (SSSR count). The maximum atomic E-state index is 11.2. The van der Waals surface area contributed by atoms with Crippen LogP contribution >= 0.6 is 11.6 Å². The number of alkyl halides is 1. The van der Waals surface area contributed by atoms with Crippen molar-refractivity contribution in [3.63, 3.8) is 0 Å². The summed E-state index contributed by atoms with van der Waals surface area (Å²) in [5, 5.41) is 0. The van der Waals surface area contributed by atoms with Crippen molar-refractivity contribution < 1.29 is 23.5 Å². The van der Waals surface area contributed by atoms with E-state index in [1.165, 1.54) is 0 Å². The zero-order valence-corrected chi connectivity index (χ0v) is 12.5. The van der Waals surface area contributed by atoms with E-state index in [9.17, 15) is 4.79 Å². The Bertz CT molecular complexity index is 231. The summed E-state index contributed by atoms with van der Waals surface area (Å²) in [6, 6.07) is 0. The zero-order chi connectivity index (χ0) is 14.0. The molecule has 5 nitrogen and oxygen atoms in total. The number of hydrogen-bond acceptors (Lipinski definition) is 4. The second-order valence-electron chi connectivity index (χ2n) is 5.08. The van der Waals surface area contributed by atoms with Crippen LogP contribution in [0.3, 0.4) is 0 Å². The van der Waals surface area contributed by atoms with Crippen LogP contribution in [-0.4, -0.2) is 57.3 Å². The average Bonchev–Trinajstić information content (AvgIpc) is 2.22. The van der Waals surface area contributed by atoms with Crippen molar-refractivity contribution in [1.29, 1.82) is 0 Å². The third-order valence-corrected chi connectivity index (χ3v) is 2.38. The Morgan fingerprint density at radius 2 is 1.89 bits per heavy atom. The topological polar surface area (TPSA) is 44.8 Å². The summed E-state index contributed by atoms with van der Waals surface area (Å²) in [5.41, 5.74) is 0. The molecule has 6 heteroatoms. The summed E-state index contributed by atoms with van der Waals surface area (Å²) in [4.78, 5) is 11.2. The van der Waals surface area contributed by atoms with E-state index in [1.54, 1.807) is 0 Å². The second-order valence-corrected chi connectivity index (χ2v) is 5.44. The van der Waals surface area contributed by atoms with Gasteiger partial charge in [-0.2, -0.15) is 0 Å². The molecule has 0 aromatic heterocycles. The number of quaternary nitrogens is 1. The molecule has 0 aliphatic carbocycles. The number of hydrogen-bond donors (Lipinski definition) is 0. The van der Waals surface area contributed by atoms with E-state index >= 15 is 0 Å². The minimum absolute atomic E-state index is 0.356. The molecule has 0 N–H and O–H groups in total. The Hall–Kier alpha value is -0.520. The zero-order valence-electron chi connectivity index (χ0n) is 11.8. The van der Waals surface area contributed by atoms with E-state index in [-0.39, 0.29) is 0 Å². The second kappa shape index (κ2) is 9.42. The van der Waals surface area contributed by atoms with Crippen LogP contribution in [0.1, 0.15) is 26.2 Å². The Balaban J connectivity index is 3.55.